The van der Waals surface area contributed by atoms with Crippen molar-refractivity contribution in [2.75, 3.05) is 7.05 Å². The molecule has 0 radical (unpaired) electrons. The quantitative estimate of drug-likeness (QED) is 0.615. The van der Waals surface area contributed by atoms with Crippen LogP contribution in [0.5, 0.6) is 0 Å². The van der Waals surface area contributed by atoms with Crippen molar-refractivity contribution in [3.63, 3.8) is 0 Å². The Hall–Kier alpha value is -0.970. The third-order valence-corrected chi connectivity index (χ3v) is 2.93. The number of nitrogens with two attached hydrogens (primary N) is 1. The molecule has 0 fully saturated rings. The lowest BCUT2D eigenvalue weighted by Gasteiger charge is -2.19. The van der Waals surface area contributed by atoms with Crippen LogP contribution in [0.3, 0.4) is 0 Å². The Morgan fingerprint density at radius 1 is 1.17 bits per heavy atom. The van der Waals surface area contributed by atoms with Crippen LogP contribution in [0.2, 0.25) is 0 Å². The van der Waals surface area contributed by atoms with Gasteiger partial charge < -0.3 is 4.90 Å². The molecule has 0 aromatic carbocycles. The summed E-state index contributed by atoms with van der Waals surface area (Å²) in [6, 6.07) is 0. The van der Waals surface area contributed by atoms with Crippen LogP contribution in [0, 0.1) is 0 Å². The van der Waals surface area contributed by atoms with Gasteiger partial charge in [0.2, 0.25) is 5.56 Å². The lowest BCUT2D eigenvalue weighted by Crippen LogP contribution is -2.28. The Balaban J connectivity index is -0.000000328. The fourth-order valence-corrected chi connectivity index (χ4v) is 2.04. The molecule has 4 heteroatoms. The average Bonchev–Trinajstić information content (AvgIpc) is 2.80. The minimum atomic E-state index is -0.161. The van der Waals surface area contributed by atoms with E-state index in [-0.39, 0.29) is 5.56 Å². The highest BCUT2D eigenvalue weighted by molar-refractivity contribution is 8.03. The van der Waals surface area contributed by atoms with E-state index in [0.717, 1.165) is 10.6 Å². The number of likely N-dealkylation sites (N-methyl/N-ethyl adjacent to an activating group) is 1. The van der Waals surface area contributed by atoms with Crippen LogP contribution in [0.1, 0.15) is 27.7 Å². The van der Waals surface area contributed by atoms with E-state index in [1.807, 2.05) is 39.6 Å². The van der Waals surface area contributed by atoms with Crippen LogP contribution in [-0.4, -0.2) is 17.5 Å². The smallest absolute Gasteiger partial charge is 0.202 e. The van der Waals surface area contributed by atoms with Gasteiger partial charge in [0, 0.05) is 12.0 Å². The Morgan fingerprint density at radius 2 is 1.61 bits per heavy atom. The fourth-order valence-electron chi connectivity index (χ4n) is 1.05. The predicted octanol–water partition coefficient (Wildman–Crippen LogP) is 4.28. The van der Waals surface area contributed by atoms with E-state index < -0.39 is 0 Å². The van der Waals surface area contributed by atoms with Gasteiger partial charge in [0.05, 0.1) is 5.70 Å². The standard InChI is InChI=1S/C8H12N2OS.2C2H6.C2H4/c1-4-6-7(5-2)12-8(11-9)10(6)3;3*1-2/h4-5,8H,1-2,9H2,3H3;2*1-2H3;1-2H2. The summed E-state index contributed by atoms with van der Waals surface area (Å²) in [5.41, 5.74) is 0.844. The average molecular weight is 272 g/mol. The Kier molecular flexibility index (Phi) is 19.8. The molecule has 3 nitrogen and oxygen atoms in total. The van der Waals surface area contributed by atoms with Gasteiger partial charge in [0.15, 0.2) is 0 Å². The third kappa shape index (κ3) is 6.69. The van der Waals surface area contributed by atoms with Crippen LogP contribution in [0.4, 0.5) is 0 Å². The topological polar surface area (TPSA) is 38.5 Å². The molecule has 1 aliphatic rings. The van der Waals surface area contributed by atoms with Gasteiger partial charge in [-0.1, -0.05) is 58.7 Å². The van der Waals surface area contributed by atoms with Crippen LogP contribution < -0.4 is 5.90 Å². The van der Waals surface area contributed by atoms with Gasteiger partial charge in [-0.05, 0) is 6.08 Å². The molecule has 0 saturated heterocycles. The molecule has 0 aromatic heterocycles. The first-order chi connectivity index (χ1) is 8.74. The second kappa shape index (κ2) is 16.0. The summed E-state index contributed by atoms with van der Waals surface area (Å²) >= 11 is 1.52. The molecular formula is C14H28N2OS. The molecule has 0 aliphatic carbocycles. The van der Waals surface area contributed by atoms with Crippen molar-refractivity contribution in [3.8, 4) is 0 Å². The maximum atomic E-state index is 5.10. The molecule has 0 saturated carbocycles. The van der Waals surface area contributed by atoms with Gasteiger partial charge in [-0.25, -0.2) is 5.90 Å². The number of rotatable bonds is 3. The monoisotopic (exact) mass is 272 g/mol. The van der Waals surface area contributed by atoms with E-state index in [2.05, 4.69) is 26.3 Å². The lowest BCUT2D eigenvalue weighted by atomic mass is 10.3. The predicted molar refractivity (Wildman–Crippen MR) is 85.8 cm³/mol. The van der Waals surface area contributed by atoms with Crippen molar-refractivity contribution < 1.29 is 4.84 Å². The lowest BCUT2D eigenvalue weighted by molar-refractivity contribution is 0.0369. The summed E-state index contributed by atoms with van der Waals surface area (Å²) < 4.78 is 0. The Labute approximate surface area is 117 Å². The first kappa shape index (κ1) is 22.2. The van der Waals surface area contributed by atoms with Crippen molar-refractivity contribution in [3.05, 3.63) is 49.1 Å². The first-order valence-electron chi connectivity index (χ1n) is 5.98. The third-order valence-electron chi connectivity index (χ3n) is 1.67. The second-order valence-electron chi connectivity index (χ2n) is 2.33. The SMILES string of the molecule is C=C.C=CC1=C(C=C)N(C)C(ON)S1.CC.CC. The zero-order chi connectivity index (χ0) is 15.1. The molecule has 1 aliphatic heterocycles. The fraction of sp³-hybridized carbons (Fsp3) is 0.429. The minimum absolute atomic E-state index is 0.161. The summed E-state index contributed by atoms with van der Waals surface area (Å²) in [6.07, 6.45) is 3.54. The molecule has 1 unspecified atom stereocenters. The van der Waals surface area contributed by atoms with E-state index >= 15 is 0 Å². The number of hydrogen-bond donors (Lipinski definition) is 1. The van der Waals surface area contributed by atoms with Gasteiger partial charge >= 0.3 is 0 Å². The molecule has 0 aromatic rings. The minimum Gasteiger partial charge on any atom is -0.338 e. The van der Waals surface area contributed by atoms with Gasteiger partial charge in [-0.3, -0.25) is 4.84 Å². The van der Waals surface area contributed by atoms with Crippen molar-refractivity contribution in [2.24, 2.45) is 5.90 Å². The summed E-state index contributed by atoms with van der Waals surface area (Å²) in [4.78, 5) is 7.70. The van der Waals surface area contributed by atoms with E-state index in [4.69, 9.17) is 10.7 Å². The molecule has 0 bridgehead atoms. The number of nitrogens with zero attached hydrogens (tertiary/aromatic N) is 1. The number of allylic oxidation sites excluding steroid dienone is 2. The first-order valence-corrected chi connectivity index (χ1v) is 6.86. The van der Waals surface area contributed by atoms with Crippen molar-refractivity contribution in [1.82, 2.24) is 4.90 Å². The van der Waals surface area contributed by atoms with Crippen LogP contribution in [-0.2, 0) is 4.84 Å². The molecule has 1 rings (SSSR count). The van der Waals surface area contributed by atoms with E-state index in [1.54, 1.807) is 12.2 Å². The maximum absolute atomic E-state index is 5.10. The summed E-state index contributed by atoms with van der Waals surface area (Å²) in [6.45, 7) is 21.4. The van der Waals surface area contributed by atoms with Crippen LogP contribution in [0.25, 0.3) is 0 Å². The van der Waals surface area contributed by atoms with Crippen molar-refractivity contribution in [1.29, 1.82) is 0 Å². The van der Waals surface area contributed by atoms with E-state index in [9.17, 15) is 0 Å². The zero-order valence-electron chi connectivity index (χ0n) is 12.4. The highest BCUT2D eigenvalue weighted by atomic mass is 32.2. The molecule has 18 heavy (non-hydrogen) atoms. The summed E-state index contributed by atoms with van der Waals surface area (Å²) in [7, 11) is 1.90. The van der Waals surface area contributed by atoms with Gasteiger partial charge in [-0.15, -0.1) is 13.2 Å². The van der Waals surface area contributed by atoms with Crippen LogP contribution in [0.15, 0.2) is 49.1 Å². The normalized spacial score (nSPS) is 16.3. The largest absolute Gasteiger partial charge is 0.338 e. The second-order valence-corrected chi connectivity index (χ2v) is 3.41. The molecule has 0 spiro atoms. The maximum Gasteiger partial charge on any atom is 0.202 e. The molecular weight excluding hydrogens is 244 g/mol. The molecule has 0 amide bonds. The summed E-state index contributed by atoms with van der Waals surface area (Å²) in [5, 5.41) is 0. The molecule has 2 N–H and O–H groups in total. The highest BCUT2D eigenvalue weighted by Crippen LogP contribution is 2.37. The number of hydrogen-bond acceptors (Lipinski definition) is 4. The van der Waals surface area contributed by atoms with E-state index in [1.165, 1.54) is 11.8 Å². The number of thioether (sulfide) groups is 1. The Morgan fingerprint density at radius 3 is 1.83 bits per heavy atom. The van der Waals surface area contributed by atoms with Crippen LogP contribution >= 0.6 is 11.8 Å². The molecule has 1 heterocycles. The van der Waals surface area contributed by atoms with E-state index in [0.29, 0.717) is 0 Å². The van der Waals surface area contributed by atoms with Gasteiger partial charge in [0.1, 0.15) is 0 Å². The highest BCUT2D eigenvalue weighted by Gasteiger charge is 2.26. The summed E-state index contributed by atoms with van der Waals surface area (Å²) in [5.74, 6) is 5.10. The molecule has 106 valence electrons. The Bertz CT molecular complexity index is 252. The van der Waals surface area contributed by atoms with Crippen molar-refractivity contribution in [2.45, 2.75) is 33.3 Å². The van der Waals surface area contributed by atoms with Crippen molar-refractivity contribution >= 4 is 11.8 Å². The molecule has 1 atom stereocenters. The van der Waals surface area contributed by atoms with Gasteiger partial charge in [-0.2, -0.15) is 0 Å². The van der Waals surface area contributed by atoms with Gasteiger partial charge in [0.25, 0.3) is 0 Å². The zero-order valence-corrected chi connectivity index (χ0v) is 13.2.